The van der Waals surface area contributed by atoms with Crippen LogP contribution >= 0.6 is 0 Å². The van der Waals surface area contributed by atoms with Crippen molar-refractivity contribution >= 4 is 16.8 Å². The summed E-state index contributed by atoms with van der Waals surface area (Å²) >= 11 is 0. The summed E-state index contributed by atoms with van der Waals surface area (Å²) in [6.45, 7) is 4.25. The lowest BCUT2D eigenvalue weighted by Crippen LogP contribution is -2.48. The van der Waals surface area contributed by atoms with Gasteiger partial charge in [-0.3, -0.25) is 14.7 Å². The van der Waals surface area contributed by atoms with Crippen molar-refractivity contribution < 1.29 is 9.18 Å². The molecule has 1 N–H and O–H groups in total. The zero-order chi connectivity index (χ0) is 23.3. The van der Waals surface area contributed by atoms with Crippen LogP contribution in [0.25, 0.3) is 22.3 Å². The highest BCUT2D eigenvalue weighted by Crippen LogP contribution is 2.31. The number of hydrogen-bond acceptors (Lipinski definition) is 3. The Morgan fingerprint density at radius 1 is 0.971 bits per heavy atom. The lowest BCUT2D eigenvalue weighted by molar-refractivity contribution is -0.133. The molecule has 3 heterocycles. The van der Waals surface area contributed by atoms with Crippen LogP contribution in [0.15, 0.2) is 72.9 Å². The minimum Gasteiger partial charge on any atom is -0.353 e. The Hall–Kier alpha value is -3.51. The first-order valence-corrected chi connectivity index (χ1v) is 11.9. The number of rotatable bonds is 7. The molecule has 0 bridgehead atoms. The Labute approximate surface area is 199 Å². The van der Waals surface area contributed by atoms with Gasteiger partial charge in [0.05, 0.1) is 11.4 Å². The van der Waals surface area contributed by atoms with Gasteiger partial charge in [0.1, 0.15) is 5.82 Å². The molecule has 2 aromatic heterocycles. The molecule has 0 atom stereocenters. The van der Waals surface area contributed by atoms with Crippen LogP contribution in [-0.4, -0.2) is 51.9 Å². The second-order valence-electron chi connectivity index (χ2n) is 8.88. The normalized spacial score (nSPS) is 14.6. The van der Waals surface area contributed by atoms with E-state index >= 15 is 0 Å². The van der Waals surface area contributed by atoms with Crippen LogP contribution in [0, 0.1) is 5.82 Å². The number of nitrogens with zero attached hydrogens (tertiary/aromatic N) is 3. The number of fused-ring (bicyclic) bond motifs is 1. The van der Waals surface area contributed by atoms with Crippen molar-refractivity contribution in [3.8, 4) is 11.4 Å². The Bertz CT molecular complexity index is 1250. The summed E-state index contributed by atoms with van der Waals surface area (Å²) in [4.78, 5) is 25.2. The number of aromatic nitrogens is 2. The number of nitrogens with one attached hydrogen (secondary N) is 1. The molecule has 4 aromatic rings. The monoisotopic (exact) mass is 456 g/mol. The fourth-order valence-electron chi connectivity index (χ4n) is 4.78. The van der Waals surface area contributed by atoms with Crippen molar-refractivity contribution in [2.45, 2.75) is 25.8 Å². The Morgan fingerprint density at radius 3 is 2.53 bits per heavy atom. The van der Waals surface area contributed by atoms with Crippen molar-refractivity contribution in [2.75, 3.05) is 26.2 Å². The highest BCUT2D eigenvalue weighted by molar-refractivity contribution is 5.90. The van der Waals surface area contributed by atoms with Crippen molar-refractivity contribution in [2.24, 2.45) is 0 Å². The standard InChI is InChI=1S/C28H29FN4O/c29-22-12-13-25-24(19-22)23(28(31-25)26-10-4-5-14-30-26)9-6-11-27(34)33-17-15-32(16-18-33)20-21-7-2-1-3-8-21/h1-5,7-8,10,12-14,19,31H,6,9,11,15-18,20H2. The maximum absolute atomic E-state index is 14.0. The van der Waals surface area contributed by atoms with Gasteiger partial charge in [-0.15, -0.1) is 0 Å². The molecular weight excluding hydrogens is 427 g/mol. The molecule has 0 radical (unpaired) electrons. The van der Waals surface area contributed by atoms with Crippen LogP contribution in [0.4, 0.5) is 4.39 Å². The van der Waals surface area contributed by atoms with E-state index < -0.39 is 0 Å². The van der Waals surface area contributed by atoms with Crippen molar-refractivity contribution in [3.05, 3.63) is 89.9 Å². The number of amides is 1. The van der Waals surface area contributed by atoms with Crippen LogP contribution in [0.2, 0.25) is 0 Å². The summed E-state index contributed by atoms with van der Waals surface area (Å²) < 4.78 is 14.0. The molecule has 0 unspecified atom stereocenters. The molecular formula is C28H29FN4O. The third kappa shape index (κ3) is 5.02. The molecule has 1 saturated heterocycles. The van der Waals surface area contributed by atoms with E-state index in [9.17, 15) is 9.18 Å². The van der Waals surface area contributed by atoms with Gasteiger partial charge in [0.25, 0.3) is 0 Å². The largest absolute Gasteiger partial charge is 0.353 e. The molecule has 1 aliphatic heterocycles. The average Bonchev–Trinajstić information content (AvgIpc) is 3.23. The van der Waals surface area contributed by atoms with Gasteiger partial charge in [0.15, 0.2) is 0 Å². The molecule has 1 fully saturated rings. The van der Waals surface area contributed by atoms with E-state index in [2.05, 4.69) is 39.1 Å². The first kappa shape index (κ1) is 22.3. The Balaban J connectivity index is 1.20. The number of aryl methyl sites for hydroxylation is 1. The highest BCUT2D eigenvalue weighted by Gasteiger charge is 2.21. The second kappa shape index (κ2) is 10.2. The molecule has 2 aromatic carbocycles. The molecule has 1 aliphatic rings. The van der Waals surface area contributed by atoms with E-state index in [1.165, 1.54) is 11.6 Å². The minimum atomic E-state index is -0.259. The SMILES string of the molecule is O=C(CCCc1c(-c2ccccn2)[nH]c2ccc(F)cc12)N1CCN(Cc2ccccc2)CC1. The van der Waals surface area contributed by atoms with E-state index in [0.29, 0.717) is 19.3 Å². The van der Waals surface area contributed by atoms with E-state index in [1.807, 2.05) is 29.2 Å². The quantitative estimate of drug-likeness (QED) is 0.424. The van der Waals surface area contributed by atoms with Gasteiger partial charge in [-0.25, -0.2) is 4.39 Å². The Morgan fingerprint density at radius 2 is 1.76 bits per heavy atom. The summed E-state index contributed by atoms with van der Waals surface area (Å²) in [5.41, 5.74) is 4.95. The van der Waals surface area contributed by atoms with Gasteiger partial charge in [-0.1, -0.05) is 36.4 Å². The molecule has 5 rings (SSSR count). The van der Waals surface area contributed by atoms with E-state index in [1.54, 1.807) is 18.3 Å². The van der Waals surface area contributed by atoms with Gasteiger partial charge in [0, 0.05) is 56.2 Å². The average molecular weight is 457 g/mol. The number of H-pyrrole nitrogens is 1. The van der Waals surface area contributed by atoms with Crippen LogP contribution in [0.1, 0.15) is 24.0 Å². The van der Waals surface area contributed by atoms with Gasteiger partial charge in [-0.05, 0) is 54.3 Å². The van der Waals surface area contributed by atoms with E-state index in [4.69, 9.17) is 0 Å². The molecule has 5 nitrogen and oxygen atoms in total. The maximum atomic E-state index is 14.0. The third-order valence-electron chi connectivity index (χ3n) is 6.58. The molecule has 174 valence electrons. The first-order valence-electron chi connectivity index (χ1n) is 11.9. The Kier molecular flexibility index (Phi) is 6.67. The number of benzene rings is 2. The van der Waals surface area contributed by atoms with Crippen LogP contribution in [0.5, 0.6) is 0 Å². The number of pyridine rings is 1. The zero-order valence-electron chi connectivity index (χ0n) is 19.2. The predicted octanol–water partition coefficient (Wildman–Crippen LogP) is 5.04. The molecule has 0 saturated carbocycles. The summed E-state index contributed by atoms with van der Waals surface area (Å²) in [5.74, 6) is -0.0606. The summed E-state index contributed by atoms with van der Waals surface area (Å²) in [6, 6.07) is 21.0. The van der Waals surface area contributed by atoms with E-state index in [0.717, 1.165) is 60.6 Å². The van der Waals surface area contributed by atoms with Gasteiger partial charge >= 0.3 is 0 Å². The molecule has 34 heavy (non-hydrogen) atoms. The van der Waals surface area contributed by atoms with Crippen LogP contribution in [-0.2, 0) is 17.8 Å². The minimum absolute atomic E-state index is 0.199. The predicted molar refractivity (Wildman–Crippen MR) is 133 cm³/mol. The number of piperazine rings is 1. The van der Waals surface area contributed by atoms with Crippen LogP contribution < -0.4 is 0 Å². The van der Waals surface area contributed by atoms with Crippen molar-refractivity contribution in [3.63, 3.8) is 0 Å². The lowest BCUT2D eigenvalue weighted by Gasteiger charge is -2.34. The zero-order valence-corrected chi connectivity index (χ0v) is 19.2. The highest BCUT2D eigenvalue weighted by atomic mass is 19.1. The van der Waals surface area contributed by atoms with Gasteiger partial charge in [-0.2, -0.15) is 0 Å². The molecule has 0 spiro atoms. The fourth-order valence-corrected chi connectivity index (χ4v) is 4.78. The molecule has 1 amide bonds. The van der Waals surface area contributed by atoms with Crippen LogP contribution in [0.3, 0.4) is 0 Å². The van der Waals surface area contributed by atoms with Gasteiger partial charge in [0.2, 0.25) is 5.91 Å². The number of carbonyl (C=O) groups is 1. The van der Waals surface area contributed by atoms with Gasteiger partial charge < -0.3 is 9.88 Å². The summed E-state index contributed by atoms with van der Waals surface area (Å²) in [7, 11) is 0. The summed E-state index contributed by atoms with van der Waals surface area (Å²) in [6.07, 6.45) is 3.65. The summed E-state index contributed by atoms with van der Waals surface area (Å²) in [5, 5.41) is 0.864. The smallest absolute Gasteiger partial charge is 0.222 e. The number of hydrogen-bond donors (Lipinski definition) is 1. The first-order chi connectivity index (χ1) is 16.7. The lowest BCUT2D eigenvalue weighted by atomic mass is 10.0. The number of carbonyl (C=O) groups excluding carboxylic acids is 1. The third-order valence-corrected chi connectivity index (χ3v) is 6.58. The molecule has 0 aliphatic carbocycles. The number of aromatic amines is 1. The fraction of sp³-hybridized carbons (Fsp3) is 0.286. The molecule has 6 heteroatoms. The van der Waals surface area contributed by atoms with Crippen molar-refractivity contribution in [1.82, 2.24) is 19.8 Å². The second-order valence-corrected chi connectivity index (χ2v) is 8.88. The number of halogens is 1. The maximum Gasteiger partial charge on any atom is 0.222 e. The topological polar surface area (TPSA) is 52.2 Å². The van der Waals surface area contributed by atoms with E-state index in [-0.39, 0.29) is 11.7 Å². The van der Waals surface area contributed by atoms with Crippen molar-refractivity contribution in [1.29, 1.82) is 0 Å².